The first-order valence-electron chi connectivity index (χ1n) is 9.18. The van der Waals surface area contributed by atoms with Gasteiger partial charge in [0.05, 0.1) is 12.7 Å². The second-order valence-electron chi connectivity index (χ2n) is 7.84. The molecule has 0 spiro atoms. The maximum atomic E-state index is 12.8. The molecule has 1 heterocycles. The van der Waals surface area contributed by atoms with Crippen LogP contribution in [-0.4, -0.2) is 29.9 Å². The van der Waals surface area contributed by atoms with E-state index in [0.29, 0.717) is 11.3 Å². The molecule has 0 saturated heterocycles. The minimum Gasteiger partial charge on any atom is -0.507 e. The third-order valence-electron chi connectivity index (χ3n) is 5.82. The van der Waals surface area contributed by atoms with E-state index in [-0.39, 0.29) is 40.1 Å². The zero-order chi connectivity index (χ0) is 20.1. The number of phenols is 1. The quantitative estimate of drug-likeness (QED) is 0.791. The summed E-state index contributed by atoms with van der Waals surface area (Å²) in [7, 11) is 1.36. The Hall–Kier alpha value is -2.56. The van der Waals surface area contributed by atoms with Gasteiger partial charge in [-0.05, 0) is 46.6 Å². The van der Waals surface area contributed by atoms with Gasteiger partial charge in [0.2, 0.25) is 5.78 Å². The van der Waals surface area contributed by atoms with Gasteiger partial charge in [-0.2, -0.15) is 0 Å². The summed E-state index contributed by atoms with van der Waals surface area (Å²) in [6, 6.07) is 1.58. The van der Waals surface area contributed by atoms with E-state index in [9.17, 15) is 14.7 Å². The fourth-order valence-electron chi connectivity index (χ4n) is 4.04. The van der Waals surface area contributed by atoms with E-state index in [1.54, 1.807) is 13.0 Å². The molecule has 0 amide bonds. The third-order valence-corrected chi connectivity index (χ3v) is 5.82. The molecule has 2 aliphatic rings. The molecule has 3 rings (SSSR count). The Bertz CT molecular complexity index is 902. The molecule has 0 unspecified atom stereocenters. The molecule has 1 aromatic rings. The molecule has 1 N–H and O–H groups in total. The van der Waals surface area contributed by atoms with Crippen LogP contribution >= 0.6 is 0 Å². The summed E-state index contributed by atoms with van der Waals surface area (Å²) < 4.78 is 11.1. The Morgan fingerprint density at radius 2 is 2.00 bits per heavy atom. The zero-order valence-corrected chi connectivity index (χ0v) is 16.7. The molecule has 0 fully saturated rings. The number of carbonyl (C=O) groups is 2. The molecule has 1 aliphatic carbocycles. The molecule has 144 valence electrons. The van der Waals surface area contributed by atoms with Crippen LogP contribution in [0, 0.1) is 0 Å². The predicted octanol–water partition coefficient (Wildman–Crippen LogP) is 4.48. The van der Waals surface area contributed by atoms with Gasteiger partial charge < -0.3 is 14.6 Å². The Labute approximate surface area is 159 Å². The molecular weight excluding hydrogens is 344 g/mol. The number of Topliss-reactive ketones (excluding diaryl/α,β-unsaturated/α-hetero) is 2. The molecule has 1 aromatic carbocycles. The van der Waals surface area contributed by atoms with E-state index in [1.165, 1.54) is 12.7 Å². The number of hydrogen-bond donors (Lipinski definition) is 1. The molecule has 1 aliphatic heterocycles. The van der Waals surface area contributed by atoms with Crippen LogP contribution in [0.25, 0.3) is 0 Å². The summed E-state index contributed by atoms with van der Waals surface area (Å²) in [6.45, 7) is 9.63. The van der Waals surface area contributed by atoms with Gasteiger partial charge in [-0.1, -0.05) is 18.6 Å². The normalized spacial score (nSPS) is 23.7. The SMILES string of the molecule is COC1=C(C)C(=O)c2c(cc3c(c2O)[C@](C)(CCC=C(C)C)[C@H](C)O3)C1=O. The first-order valence-corrected chi connectivity index (χ1v) is 9.18. The zero-order valence-electron chi connectivity index (χ0n) is 16.7. The maximum Gasteiger partial charge on any atom is 0.228 e. The second kappa shape index (κ2) is 6.55. The van der Waals surface area contributed by atoms with E-state index in [2.05, 4.69) is 6.08 Å². The number of allylic oxidation sites excluding steroid dienone is 4. The van der Waals surface area contributed by atoms with Gasteiger partial charge in [0.15, 0.2) is 11.5 Å². The minimum absolute atomic E-state index is 0.0178. The van der Waals surface area contributed by atoms with Crippen molar-refractivity contribution in [2.75, 3.05) is 7.11 Å². The molecular formula is C22H26O5. The number of carbonyl (C=O) groups excluding carboxylic acids is 2. The van der Waals surface area contributed by atoms with Crippen LogP contribution in [0.4, 0.5) is 0 Å². The number of fused-ring (bicyclic) bond motifs is 2. The first-order chi connectivity index (χ1) is 12.6. The van der Waals surface area contributed by atoms with Gasteiger partial charge in [0, 0.05) is 22.1 Å². The van der Waals surface area contributed by atoms with Crippen molar-refractivity contribution in [3.05, 3.63) is 45.7 Å². The Kier molecular flexibility index (Phi) is 4.66. The van der Waals surface area contributed by atoms with Crippen LogP contribution < -0.4 is 4.74 Å². The number of ether oxygens (including phenoxy) is 2. The largest absolute Gasteiger partial charge is 0.507 e. The average Bonchev–Trinajstić information content (AvgIpc) is 2.84. The van der Waals surface area contributed by atoms with Crippen LogP contribution in [0.3, 0.4) is 0 Å². The second-order valence-corrected chi connectivity index (χ2v) is 7.84. The fourth-order valence-corrected chi connectivity index (χ4v) is 4.04. The lowest BCUT2D eigenvalue weighted by molar-refractivity contribution is 0.0904. The van der Waals surface area contributed by atoms with Crippen molar-refractivity contribution in [1.82, 2.24) is 0 Å². The molecule has 0 bridgehead atoms. The molecule has 0 radical (unpaired) electrons. The van der Waals surface area contributed by atoms with Crippen molar-refractivity contribution in [2.24, 2.45) is 0 Å². The van der Waals surface area contributed by atoms with Crippen molar-refractivity contribution in [3.63, 3.8) is 0 Å². The van der Waals surface area contributed by atoms with Gasteiger partial charge in [-0.3, -0.25) is 9.59 Å². The summed E-state index contributed by atoms with van der Waals surface area (Å²) in [5.74, 6) is -0.441. The number of ketones is 2. The Balaban J connectivity index is 2.16. The first kappa shape index (κ1) is 19.2. The number of rotatable bonds is 4. The van der Waals surface area contributed by atoms with Crippen LogP contribution in [0.5, 0.6) is 11.5 Å². The summed E-state index contributed by atoms with van der Waals surface area (Å²) >= 11 is 0. The van der Waals surface area contributed by atoms with Crippen molar-refractivity contribution in [1.29, 1.82) is 0 Å². The number of methoxy groups -OCH3 is 1. The lowest BCUT2D eigenvalue weighted by Gasteiger charge is -2.29. The number of phenolic OH excluding ortho intramolecular Hbond substituents is 1. The van der Waals surface area contributed by atoms with E-state index in [4.69, 9.17) is 9.47 Å². The number of aromatic hydroxyl groups is 1. The topological polar surface area (TPSA) is 72.8 Å². The highest BCUT2D eigenvalue weighted by Gasteiger charge is 2.47. The maximum absolute atomic E-state index is 12.8. The molecule has 2 atom stereocenters. The van der Waals surface area contributed by atoms with Crippen LogP contribution in [0.15, 0.2) is 29.0 Å². The highest BCUT2D eigenvalue weighted by atomic mass is 16.5. The molecule has 5 heteroatoms. The molecule has 27 heavy (non-hydrogen) atoms. The van der Waals surface area contributed by atoms with Gasteiger partial charge in [0.1, 0.15) is 17.6 Å². The average molecular weight is 370 g/mol. The molecule has 0 aromatic heterocycles. The van der Waals surface area contributed by atoms with Crippen molar-refractivity contribution in [2.45, 2.75) is 59.0 Å². The standard InChI is InChI=1S/C22H26O5/c1-11(2)8-7-9-22(5)13(4)27-15-10-14-16(20(25)17(15)22)18(23)12(3)21(26-6)19(14)24/h8,10,13,25H,7,9H2,1-6H3/t13-,22+/m0/s1. The van der Waals surface area contributed by atoms with Crippen LogP contribution in [-0.2, 0) is 10.2 Å². The highest BCUT2D eigenvalue weighted by Crippen LogP contribution is 2.53. The predicted molar refractivity (Wildman–Crippen MR) is 103 cm³/mol. The van der Waals surface area contributed by atoms with E-state index >= 15 is 0 Å². The van der Waals surface area contributed by atoms with Crippen molar-refractivity contribution < 1.29 is 24.2 Å². The van der Waals surface area contributed by atoms with E-state index < -0.39 is 11.2 Å². The summed E-state index contributed by atoms with van der Waals surface area (Å²) in [6.07, 6.45) is 3.56. The third kappa shape index (κ3) is 2.76. The Morgan fingerprint density at radius 1 is 1.33 bits per heavy atom. The minimum atomic E-state index is -0.455. The Morgan fingerprint density at radius 3 is 2.59 bits per heavy atom. The van der Waals surface area contributed by atoms with E-state index in [1.807, 2.05) is 27.7 Å². The van der Waals surface area contributed by atoms with Crippen LogP contribution in [0.1, 0.15) is 73.7 Å². The van der Waals surface area contributed by atoms with E-state index in [0.717, 1.165) is 12.8 Å². The summed E-state index contributed by atoms with van der Waals surface area (Å²) in [5.41, 5.74) is 1.80. The smallest absolute Gasteiger partial charge is 0.228 e. The molecule has 5 nitrogen and oxygen atoms in total. The van der Waals surface area contributed by atoms with Gasteiger partial charge in [-0.25, -0.2) is 0 Å². The van der Waals surface area contributed by atoms with Crippen LogP contribution in [0.2, 0.25) is 0 Å². The fraction of sp³-hybridized carbons (Fsp3) is 0.455. The van der Waals surface area contributed by atoms with Crippen molar-refractivity contribution in [3.8, 4) is 11.5 Å². The summed E-state index contributed by atoms with van der Waals surface area (Å²) in [4.78, 5) is 25.6. The highest BCUT2D eigenvalue weighted by molar-refractivity contribution is 6.27. The number of benzene rings is 1. The van der Waals surface area contributed by atoms with Crippen molar-refractivity contribution >= 4 is 11.6 Å². The monoisotopic (exact) mass is 370 g/mol. The summed E-state index contributed by atoms with van der Waals surface area (Å²) in [5, 5.41) is 11.1. The van der Waals surface area contributed by atoms with Gasteiger partial charge >= 0.3 is 0 Å². The lowest BCUT2D eigenvalue weighted by atomic mass is 9.73. The van der Waals surface area contributed by atoms with Gasteiger partial charge in [0.25, 0.3) is 0 Å². The lowest BCUT2D eigenvalue weighted by Crippen LogP contribution is -2.33. The number of hydrogen-bond acceptors (Lipinski definition) is 5. The van der Waals surface area contributed by atoms with Gasteiger partial charge in [-0.15, -0.1) is 0 Å². The molecule has 0 saturated carbocycles.